The second-order valence-electron chi connectivity index (χ2n) is 24.6. The molecule has 6 aromatic carbocycles. The van der Waals surface area contributed by atoms with Crippen LogP contribution < -0.4 is 9.80 Å². The number of sulfone groups is 1. The van der Waals surface area contributed by atoms with Crippen LogP contribution >= 0.6 is 0 Å². The Labute approximate surface area is 545 Å². The number of halogens is 6. The quantitative estimate of drug-likeness (QED) is 0.0456. The minimum absolute atomic E-state index is 0.0344. The van der Waals surface area contributed by atoms with Crippen molar-refractivity contribution in [1.82, 2.24) is 9.97 Å². The van der Waals surface area contributed by atoms with Crippen LogP contribution in [0, 0.1) is 23.2 Å². The van der Waals surface area contributed by atoms with Gasteiger partial charge in [0.25, 0.3) is 0 Å². The van der Waals surface area contributed by atoms with Crippen molar-refractivity contribution >= 4 is 65.3 Å². The Morgan fingerprint density at radius 3 is 1.51 bits per heavy atom. The van der Waals surface area contributed by atoms with Crippen molar-refractivity contribution in [2.24, 2.45) is 11.8 Å². The zero-order chi connectivity index (χ0) is 68.5. The van der Waals surface area contributed by atoms with Crippen molar-refractivity contribution in [1.29, 1.82) is 5.26 Å². The second-order valence-corrected chi connectivity index (χ2v) is 27.1. The van der Waals surface area contributed by atoms with Crippen LogP contribution in [0.2, 0.25) is 0 Å². The summed E-state index contributed by atoms with van der Waals surface area (Å²) in [6.07, 6.45) is -0.241. The zero-order valence-corrected chi connectivity index (χ0v) is 55.9. The number of unbranched alkanes of at least 4 members (excludes halogenated alkanes) is 4. The summed E-state index contributed by atoms with van der Waals surface area (Å²) < 4.78 is 134. The third kappa shape index (κ3) is 15.6. The summed E-state index contributed by atoms with van der Waals surface area (Å²) in [5, 5.41) is 31.0. The highest BCUT2D eigenvalue weighted by Crippen LogP contribution is 2.57. The fraction of sp³-hybridized carbons (Fsp3) is 0.392. The number of phenols is 2. The average Bonchev–Trinajstić information content (AvgIpc) is 0.833. The van der Waals surface area contributed by atoms with Crippen LogP contribution in [-0.2, 0) is 15.3 Å². The number of aromatic hydroxyl groups is 2. The van der Waals surface area contributed by atoms with Gasteiger partial charge in [0.05, 0.1) is 27.3 Å². The highest BCUT2D eigenvalue weighted by Gasteiger charge is 2.73. The summed E-state index contributed by atoms with van der Waals surface area (Å²) >= 11 is 0. The number of phenolic OH excluding ortho intramolecular Hbond substituents is 2. The van der Waals surface area contributed by atoms with Crippen molar-refractivity contribution in [3.05, 3.63) is 139 Å². The molecular weight excluding hydrogens is 1230 g/mol. The molecule has 0 fully saturated rings. The first-order chi connectivity index (χ1) is 44.6. The smallest absolute Gasteiger partial charge is 0.407 e. The van der Waals surface area contributed by atoms with Crippen LogP contribution in [-0.4, -0.2) is 72.4 Å². The maximum absolute atomic E-state index is 14.1. The number of hydrogen-bond acceptors (Lipinski definition) is 13. The molecule has 10 rings (SSSR count). The Morgan fingerprint density at radius 2 is 1.05 bits per heavy atom. The number of oxazole rings is 2. The first-order valence-electron chi connectivity index (χ1n) is 32.1. The molecule has 0 radical (unpaired) electrons. The number of nitrogens with zero attached hydrogens (tertiary/aromatic N) is 5. The molecular formula is C74H83F6N5O8S. The third-order valence-corrected chi connectivity index (χ3v) is 18.7. The minimum Gasteiger partial charge on any atom is -0.507 e. The predicted molar refractivity (Wildman–Crippen MR) is 362 cm³/mol. The molecule has 4 aromatic heterocycles. The molecule has 0 atom stereocenters. The van der Waals surface area contributed by atoms with Gasteiger partial charge in [-0.1, -0.05) is 99.3 Å². The molecule has 20 heteroatoms. The number of benzene rings is 6. The summed E-state index contributed by atoms with van der Waals surface area (Å²) in [6.45, 7) is 23.8. The van der Waals surface area contributed by atoms with Gasteiger partial charge in [-0.05, 0) is 167 Å². The number of alkyl halides is 6. The monoisotopic (exact) mass is 1320 g/mol. The number of anilines is 2. The van der Waals surface area contributed by atoms with Gasteiger partial charge in [0.2, 0.25) is 11.8 Å². The Morgan fingerprint density at radius 1 is 0.574 bits per heavy atom. The Bertz CT molecular complexity index is 4350. The molecule has 13 nitrogen and oxygen atoms in total. The van der Waals surface area contributed by atoms with Crippen molar-refractivity contribution in [3.8, 4) is 63.1 Å². The molecule has 0 aliphatic rings. The molecule has 500 valence electrons. The number of nitriles is 1. The zero-order valence-electron chi connectivity index (χ0n) is 55.1. The average molecular weight is 1320 g/mol. The van der Waals surface area contributed by atoms with E-state index in [0.717, 1.165) is 112 Å². The SMILES string of the molecule is C/C(C#N)=C/C(C)C.CCCCN(CCCC)c1ccc(-c2cc3cc(-c4nc5cc(S(=O)(=O)C(C)C)ccc5o4)c(O)cc3o2)cc1.CCCCN(CCCC)c1ccc(-c2cc3ccc(-c4nc5cc(C(C(C)C)(C(F)(F)F)C(F)(F)F)ccc5o4)c(O)c3o2)cc1. The number of hydrogen-bond donors (Lipinski definition) is 2. The van der Waals surface area contributed by atoms with Gasteiger partial charge in [0.1, 0.15) is 33.9 Å². The fourth-order valence-corrected chi connectivity index (χ4v) is 12.5. The molecule has 0 aliphatic heterocycles. The van der Waals surface area contributed by atoms with Gasteiger partial charge < -0.3 is 37.7 Å². The number of allylic oxidation sites excluding steroid dienone is 2. The summed E-state index contributed by atoms with van der Waals surface area (Å²) in [6, 6.07) is 35.9. The fourth-order valence-electron chi connectivity index (χ4n) is 11.4. The van der Waals surface area contributed by atoms with Crippen LogP contribution in [0.4, 0.5) is 37.7 Å². The lowest BCUT2D eigenvalue weighted by Crippen LogP contribution is -2.57. The maximum Gasteiger partial charge on any atom is 0.407 e. The highest BCUT2D eigenvalue weighted by molar-refractivity contribution is 7.92. The highest BCUT2D eigenvalue weighted by atomic mass is 32.2. The van der Waals surface area contributed by atoms with Gasteiger partial charge in [-0.3, -0.25) is 0 Å². The van der Waals surface area contributed by atoms with E-state index in [4.69, 9.17) is 22.9 Å². The Hall–Kier alpha value is -8.70. The molecule has 0 aliphatic carbocycles. The molecule has 0 spiro atoms. The lowest BCUT2D eigenvalue weighted by molar-refractivity contribution is -0.316. The van der Waals surface area contributed by atoms with Gasteiger partial charge in [0.15, 0.2) is 37.8 Å². The van der Waals surface area contributed by atoms with Gasteiger partial charge in [-0.2, -0.15) is 31.6 Å². The van der Waals surface area contributed by atoms with E-state index < -0.39 is 44.3 Å². The molecule has 0 amide bonds. The molecule has 2 N–H and O–H groups in total. The molecule has 0 bridgehead atoms. The van der Waals surface area contributed by atoms with Gasteiger partial charge in [-0.25, -0.2) is 18.4 Å². The minimum atomic E-state index is -5.62. The maximum atomic E-state index is 14.1. The first-order valence-corrected chi connectivity index (χ1v) is 33.7. The normalized spacial score (nSPS) is 12.5. The number of aromatic nitrogens is 2. The van der Waals surface area contributed by atoms with E-state index in [1.165, 1.54) is 49.6 Å². The van der Waals surface area contributed by atoms with E-state index in [2.05, 4.69) is 91.6 Å². The van der Waals surface area contributed by atoms with Crippen LogP contribution in [0.15, 0.2) is 156 Å². The van der Waals surface area contributed by atoms with E-state index in [0.29, 0.717) is 45.1 Å². The van der Waals surface area contributed by atoms with E-state index in [1.54, 1.807) is 44.2 Å². The third-order valence-electron chi connectivity index (χ3n) is 16.6. The van der Waals surface area contributed by atoms with Crippen molar-refractivity contribution in [3.63, 3.8) is 0 Å². The Balaban J connectivity index is 0.000000217. The van der Waals surface area contributed by atoms with Crippen molar-refractivity contribution in [2.45, 2.75) is 155 Å². The molecule has 10 aromatic rings. The largest absolute Gasteiger partial charge is 0.507 e. The van der Waals surface area contributed by atoms with Crippen LogP contribution in [0.5, 0.6) is 11.5 Å². The summed E-state index contributed by atoms with van der Waals surface area (Å²) in [5.41, 5.74) is 1.55. The van der Waals surface area contributed by atoms with Crippen LogP contribution in [0.1, 0.15) is 133 Å². The van der Waals surface area contributed by atoms with Gasteiger partial charge in [0, 0.05) is 71.1 Å². The molecule has 94 heavy (non-hydrogen) atoms. The number of furan rings is 2. The molecule has 0 unspecified atom stereocenters. The van der Waals surface area contributed by atoms with Gasteiger partial charge in [-0.15, -0.1) is 0 Å². The van der Waals surface area contributed by atoms with E-state index in [9.17, 15) is 45.0 Å². The van der Waals surface area contributed by atoms with Gasteiger partial charge >= 0.3 is 12.4 Å². The first kappa shape index (κ1) is 71.2. The number of rotatable bonds is 23. The lowest BCUT2D eigenvalue weighted by atomic mass is 9.70. The molecule has 0 saturated heterocycles. The Kier molecular flexibility index (Phi) is 22.8. The van der Waals surface area contributed by atoms with Crippen LogP contribution in [0.3, 0.4) is 0 Å². The van der Waals surface area contributed by atoms with E-state index in [-0.39, 0.29) is 50.4 Å². The topological polar surface area (TPSA) is 183 Å². The summed E-state index contributed by atoms with van der Waals surface area (Å²) in [4.78, 5) is 13.7. The number of fused-ring (bicyclic) bond motifs is 4. The lowest BCUT2D eigenvalue weighted by Gasteiger charge is -2.40. The van der Waals surface area contributed by atoms with Crippen molar-refractivity contribution in [2.75, 3.05) is 36.0 Å². The molecule has 0 saturated carbocycles. The van der Waals surface area contributed by atoms with Crippen molar-refractivity contribution < 1.29 is 62.6 Å². The van der Waals surface area contributed by atoms with E-state index in [1.807, 2.05) is 43.3 Å². The predicted octanol–water partition coefficient (Wildman–Crippen LogP) is 21.4. The second kappa shape index (κ2) is 30.1. The van der Waals surface area contributed by atoms with Crippen LogP contribution in [0.25, 0.3) is 89.7 Å². The van der Waals surface area contributed by atoms with E-state index >= 15 is 0 Å². The molecule has 4 heterocycles. The standard InChI is InChI=1S/C35H36F6N2O3.C32H36N2O5S.C7H11N/c1-5-7-17-43(18-8-6-2)25-13-9-22(10-14-25)29-19-23-11-15-26(30(44)31(23)45-29)32-42-27-20-24(12-16-28(27)46-32)33(21(3)4,34(36,37)38)35(39,40)41;1-5-7-15-34(16-8-6-2)24-11-9-22(10-12-24)30-18-23-17-26(28(35)20-31(23)38-30)32-33-27-19-25(13-14-29(27)39-32)40(36,37)21(3)4;1-6(2)4-7(3)5-8/h9-16,19-21,44H,5-8,17-18H2,1-4H3;9-14,17-21,35H,5-8,15-16H2,1-4H3;4,6H,1-3H3/b;;7-4-. The summed E-state index contributed by atoms with van der Waals surface area (Å²) in [5.74, 6) is -0.473. The summed E-state index contributed by atoms with van der Waals surface area (Å²) in [7, 11) is -3.45.